The zero-order valence-electron chi connectivity index (χ0n) is 17.3. The normalized spacial score (nSPS) is 26.1. The summed E-state index contributed by atoms with van der Waals surface area (Å²) in [5, 5.41) is 22.3. The Bertz CT molecular complexity index is 1420. The van der Waals surface area contributed by atoms with Crippen LogP contribution >= 0.6 is 11.6 Å². The molecule has 1 aliphatic heterocycles. The predicted molar refractivity (Wildman–Crippen MR) is 120 cm³/mol. The summed E-state index contributed by atoms with van der Waals surface area (Å²) in [6.07, 6.45) is 0. The summed E-state index contributed by atoms with van der Waals surface area (Å²) < 4.78 is 0. The van der Waals surface area contributed by atoms with E-state index in [2.05, 4.69) is 0 Å². The lowest BCUT2D eigenvalue weighted by molar-refractivity contribution is -0.578. The van der Waals surface area contributed by atoms with Crippen LogP contribution in [0.15, 0.2) is 66.7 Å². The van der Waals surface area contributed by atoms with Crippen molar-refractivity contribution in [3.63, 3.8) is 0 Å². The van der Waals surface area contributed by atoms with E-state index < -0.39 is 46.0 Å². The lowest BCUT2D eigenvalue weighted by Gasteiger charge is -2.48. The molecule has 1 saturated heterocycles. The summed E-state index contributed by atoms with van der Waals surface area (Å²) in [6, 6.07) is 17.6. The number of carbonyl (C=O) groups is 3. The van der Waals surface area contributed by atoms with Crippen LogP contribution in [0.4, 0.5) is 5.69 Å². The summed E-state index contributed by atoms with van der Waals surface area (Å²) >= 11 is 5.98. The number of hydrogen-bond acceptors (Lipinski definition) is 5. The minimum atomic E-state index is -1.93. The van der Waals surface area contributed by atoms with E-state index in [1.54, 1.807) is 48.5 Å². The first-order valence-corrected chi connectivity index (χ1v) is 10.9. The van der Waals surface area contributed by atoms with Gasteiger partial charge in [-0.25, -0.2) is 9.69 Å². The Morgan fingerprint density at radius 3 is 2.12 bits per heavy atom. The molecule has 2 atom stereocenters. The molecule has 1 fully saturated rings. The van der Waals surface area contributed by atoms with E-state index in [0.29, 0.717) is 22.3 Å². The smallest absolute Gasteiger partial charge is 0.337 e. The number of aromatic carboxylic acids is 1. The molecule has 3 aromatic rings. The molecule has 168 valence electrons. The lowest BCUT2D eigenvalue weighted by Crippen LogP contribution is -2.57. The first-order valence-electron chi connectivity index (χ1n) is 10.5. The molecular formula is C25H15ClN2O6. The molecule has 3 aliphatic carbocycles. The fourth-order valence-corrected chi connectivity index (χ4v) is 6.31. The number of hydrogen-bond donors (Lipinski definition) is 1. The van der Waals surface area contributed by atoms with Crippen molar-refractivity contribution in [2.75, 3.05) is 4.90 Å². The van der Waals surface area contributed by atoms with Crippen molar-refractivity contribution in [2.45, 2.75) is 11.5 Å². The van der Waals surface area contributed by atoms with Crippen LogP contribution < -0.4 is 4.90 Å². The van der Waals surface area contributed by atoms with Gasteiger partial charge in [-0.15, -0.1) is 0 Å². The SMILES string of the molecule is O=C(O)c1cc(N2C(=O)[C@@H]3[C@@H](C2=O)C2c4ccccc4C3([N+](=O)[O-])c3ccccc32)ccc1Cl. The standard InChI is InChI=1S/C25H15ClN2O6/c26-18-10-9-12(11-15(18)24(31)32)27-22(29)20-19-13-5-1-3-7-16(13)25(28(33)34,21(20)23(27)30)17-8-4-2-6-14(17)19/h1-11,19-21H,(H,31,32)/t19?,20-,21-,25?/m0/s1. The first kappa shape index (κ1) is 20.6. The molecular weight excluding hydrogens is 460 g/mol. The molecule has 8 nitrogen and oxygen atoms in total. The number of carboxylic acids is 1. The minimum absolute atomic E-state index is 0.0252. The summed E-state index contributed by atoms with van der Waals surface area (Å²) in [4.78, 5) is 52.6. The van der Waals surface area contributed by atoms with Crippen LogP contribution in [0.3, 0.4) is 0 Å². The predicted octanol–water partition coefficient (Wildman–Crippen LogP) is 3.82. The highest BCUT2D eigenvalue weighted by atomic mass is 35.5. The Morgan fingerprint density at radius 1 is 0.971 bits per heavy atom. The van der Waals surface area contributed by atoms with Crippen molar-refractivity contribution in [2.24, 2.45) is 11.8 Å². The van der Waals surface area contributed by atoms with Gasteiger partial charge in [0.25, 0.3) is 5.54 Å². The maximum absolute atomic E-state index is 13.9. The number of anilines is 1. The fraction of sp³-hybridized carbons (Fsp3) is 0.160. The van der Waals surface area contributed by atoms with Crippen LogP contribution in [0.5, 0.6) is 0 Å². The number of imide groups is 1. The highest BCUT2D eigenvalue weighted by Gasteiger charge is 2.74. The van der Waals surface area contributed by atoms with Gasteiger partial charge >= 0.3 is 5.97 Å². The van der Waals surface area contributed by atoms with Crippen LogP contribution in [-0.4, -0.2) is 27.8 Å². The fourth-order valence-electron chi connectivity index (χ4n) is 6.11. The summed E-state index contributed by atoms with van der Waals surface area (Å²) in [5.74, 6) is -5.43. The molecule has 1 N–H and O–H groups in total. The molecule has 9 heteroatoms. The maximum atomic E-state index is 13.9. The van der Waals surface area contributed by atoms with E-state index in [4.69, 9.17) is 11.6 Å². The van der Waals surface area contributed by atoms with Crippen molar-refractivity contribution in [1.29, 1.82) is 0 Å². The molecule has 2 bridgehead atoms. The van der Waals surface area contributed by atoms with Gasteiger partial charge in [0.15, 0.2) is 0 Å². The number of benzene rings is 3. The molecule has 3 aromatic carbocycles. The van der Waals surface area contributed by atoms with Crippen LogP contribution in [0.2, 0.25) is 5.02 Å². The van der Waals surface area contributed by atoms with E-state index in [9.17, 15) is 29.6 Å². The second kappa shape index (κ2) is 6.74. The van der Waals surface area contributed by atoms with Crippen molar-refractivity contribution < 1.29 is 24.4 Å². The summed E-state index contributed by atoms with van der Waals surface area (Å²) in [5.41, 5.74) is -0.0409. The van der Waals surface area contributed by atoms with Crippen LogP contribution in [0.25, 0.3) is 0 Å². The molecule has 0 saturated carbocycles. The van der Waals surface area contributed by atoms with E-state index >= 15 is 0 Å². The van der Waals surface area contributed by atoms with Crippen LogP contribution in [0.1, 0.15) is 38.5 Å². The van der Waals surface area contributed by atoms with Gasteiger partial charge in [-0.2, -0.15) is 0 Å². The van der Waals surface area contributed by atoms with Crippen molar-refractivity contribution >= 4 is 35.1 Å². The van der Waals surface area contributed by atoms with Crippen molar-refractivity contribution in [1.82, 2.24) is 0 Å². The van der Waals surface area contributed by atoms with Crippen molar-refractivity contribution in [3.8, 4) is 0 Å². The van der Waals surface area contributed by atoms with Gasteiger partial charge in [0.05, 0.1) is 22.2 Å². The largest absolute Gasteiger partial charge is 0.478 e. The molecule has 0 aromatic heterocycles. The van der Waals surface area contributed by atoms with E-state index in [0.717, 1.165) is 11.0 Å². The quantitative estimate of drug-likeness (QED) is 0.350. The Labute approximate surface area is 197 Å². The second-order valence-corrected chi connectivity index (χ2v) is 9.07. The molecule has 0 spiro atoms. The molecule has 7 rings (SSSR count). The monoisotopic (exact) mass is 474 g/mol. The second-order valence-electron chi connectivity index (χ2n) is 8.66. The van der Waals surface area contributed by atoms with E-state index in [-0.39, 0.29) is 16.3 Å². The van der Waals surface area contributed by atoms with Gasteiger partial charge < -0.3 is 5.11 Å². The van der Waals surface area contributed by atoms with E-state index in [1.807, 2.05) is 0 Å². The molecule has 2 amide bonds. The maximum Gasteiger partial charge on any atom is 0.337 e. The summed E-state index contributed by atoms with van der Waals surface area (Å²) in [7, 11) is 0. The van der Waals surface area contributed by atoms with Gasteiger partial charge in [0, 0.05) is 22.0 Å². The van der Waals surface area contributed by atoms with Gasteiger partial charge in [-0.05, 0) is 29.3 Å². The molecule has 0 unspecified atom stereocenters. The number of nitrogens with zero attached hydrogens (tertiary/aromatic N) is 2. The number of carboxylic acid groups (broad SMARTS) is 1. The lowest BCUT2D eigenvalue weighted by atomic mass is 9.51. The third-order valence-electron chi connectivity index (χ3n) is 7.30. The molecule has 1 heterocycles. The Balaban J connectivity index is 1.63. The average molecular weight is 475 g/mol. The van der Waals surface area contributed by atoms with Crippen molar-refractivity contribution in [3.05, 3.63) is 110 Å². The zero-order valence-corrected chi connectivity index (χ0v) is 18.1. The molecule has 4 aliphatic rings. The Morgan fingerprint density at radius 2 is 1.56 bits per heavy atom. The zero-order chi connectivity index (χ0) is 23.9. The van der Waals surface area contributed by atoms with Gasteiger partial charge in [-0.1, -0.05) is 60.1 Å². The highest BCUT2D eigenvalue weighted by molar-refractivity contribution is 6.34. The number of amides is 2. The number of rotatable bonds is 3. The number of nitro groups is 1. The Kier molecular flexibility index (Phi) is 4.08. The summed E-state index contributed by atoms with van der Waals surface area (Å²) in [6.45, 7) is 0. The third-order valence-corrected chi connectivity index (χ3v) is 7.63. The topological polar surface area (TPSA) is 118 Å². The number of carbonyl (C=O) groups excluding carboxylic acids is 2. The highest BCUT2D eigenvalue weighted by Crippen LogP contribution is 2.64. The van der Waals surface area contributed by atoms with Crippen LogP contribution in [-0.2, 0) is 15.1 Å². The van der Waals surface area contributed by atoms with E-state index in [1.165, 1.54) is 12.1 Å². The van der Waals surface area contributed by atoms with Gasteiger partial charge in [0.1, 0.15) is 5.92 Å². The molecule has 0 radical (unpaired) electrons. The third kappa shape index (κ3) is 2.25. The molecule has 34 heavy (non-hydrogen) atoms. The average Bonchev–Trinajstić information content (AvgIpc) is 3.10. The van der Waals surface area contributed by atoms with Crippen LogP contribution in [0, 0.1) is 22.0 Å². The first-order chi connectivity index (χ1) is 16.3. The Hall–Kier alpha value is -4.04. The van der Waals surface area contributed by atoms with Gasteiger partial charge in [-0.3, -0.25) is 19.7 Å². The van der Waals surface area contributed by atoms with Gasteiger partial charge in [0.2, 0.25) is 11.8 Å². The minimum Gasteiger partial charge on any atom is -0.478 e. The number of halogens is 1.